The molecule has 0 saturated heterocycles. The number of nitrogens with one attached hydrogen (secondary N) is 2. The quantitative estimate of drug-likeness (QED) is 0.873. The molecule has 0 spiro atoms. The van der Waals surface area contributed by atoms with Gasteiger partial charge in [0.05, 0.1) is 5.54 Å². The fraction of sp³-hybridized carbons (Fsp3) is 0.222. The first-order chi connectivity index (χ1) is 11.6. The van der Waals surface area contributed by atoms with E-state index in [1.165, 1.54) is 18.2 Å². The van der Waals surface area contributed by atoms with Crippen LogP contribution in [0.25, 0.3) is 0 Å². The molecule has 1 aliphatic heterocycles. The third-order valence-corrected chi connectivity index (χ3v) is 4.36. The second-order valence-corrected chi connectivity index (χ2v) is 6.07. The molecule has 0 aliphatic carbocycles. The van der Waals surface area contributed by atoms with Gasteiger partial charge in [-0.1, -0.05) is 30.3 Å². The Morgan fingerprint density at radius 1 is 1.12 bits per heavy atom. The predicted octanol–water partition coefficient (Wildman–Crippen LogP) is 3.50. The van der Waals surface area contributed by atoms with Crippen molar-refractivity contribution in [1.82, 2.24) is 5.32 Å². The summed E-state index contributed by atoms with van der Waals surface area (Å²) in [7, 11) is 0. The molecule has 0 radical (unpaired) electrons. The van der Waals surface area contributed by atoms with Gasteiger partial charge in [-0.25, -0.2) is 0 Å². The second-order valence-electron chi connectivity index (χ2n) is 6.07. The number of rotatable bonds is 2. The Bertz CT molecular complexity index is 877. The van der Waals surface area contributed by atoms with Crippen LogP contribution in [0.1, 0.15) is 34.0 Å². The van der Waals surface area contributed by atoms with Crippen LogP contribution in [0.4, 0.5) is 18.9 Å². The van der Waals surface area contributed by atoms with Crippen molar-refractivity contribution < 1.29 is 22.8 Å². The lowest BCUT2D eigenvalue weighted by atomic mass is 9.82. The summed E-state index contributed by atoms with van der Waals surface area (Å²) in [6.07, 6.45) is -5.02. The van der Waals surface area contributed by atoms with Gasteiger partial charge in [-0.2, -0.15) is 13.2 Å². The molecule has 1 atom stereocenters. The summed E-state index contributed by atoms with van der Waals surface area (Å²) < 4.78 is 37.9. The number of halogens is 3. The van der Waals surface area contributed by atoms with E-state index < -0.39 is 23.5 Å². The van der Waals surface area contributed by atoms with Crippen LogP contribution in [-0.2, 0) is 10.3 Å². The van der Waals surface area contributed by atoms with Crippen molar-refractivity contribution in [2.24, 2.45) is 0 Å². The lowest BCUT2D eigenvalue weighted by Gasteiger charge is -2.29. The fourth-order valence-corrected chi connectivity index (χ4v) is 3.27. The molecule has 0 saturated carbocycles. The van der Waals surface area contributed by atoms with Crippen molar-refractivity contribution in [2.75, 3.05) is 5.32 Å². The van der Waals surface area contributed by atoms with Gasteiger partial charge in [0.25, 0.3) is 5.91 Å². The Balaban J connectivity index is 2.17. The zero-order valence-electron chi connectivity index (χ0n) is 13.5. The summed E-state index contributed by atoms with van der Waals surface area (Å²) in [6.45, 7) is 3.56. The monoisotopic (exact) mass is 348 g/mol. The number of fused-ring (bicyclic) bond motifs is 1. The molecule has 2 amide bonds. The van der Waals surface area contributed by atoms with E-state index in [2.05, 4.69) is 5.32 Å². The maximum Gasteiger partial charge on any atom is 0.471 e. The molecule has 25 heavy (non-hydrogen) atoms. The number of alkyl halides is 3. The van der Waals surface area contributed by atoms with Crippen molar-refractivity contribution in [3.8, 4) is 0 Å². The molecule has 0 aromatic heterocycles. The molecule has 2 aromatic carbocycles. The first kappa shape index (κ1) is 17.0. The summed E-state index contributed by atoms with van der Waals surface area (Å²) in [5.74, 6) is -2.48. The molecule has 1 aliphatic rings. The summed E-state index contributed by atoms with van der Waals surface area (Å²) >= 11 is 0. The largest absolute Gasteiger partial charge is 0.471 e. The summed E-state index contributed by atoms with van der Waals surface area (Å²) in [5.41, 5.74) is 1.10. The molecule has 0 fully saturated rings. The van der Waals surface area contributed by atoms with Crippen molar-refractivity contribution in [2.45, 2.75) is 25.6 Å². The van der Waals surface area contributed by atoms with Crippen LogP contribution < -0.4 is 10.6 Å². The number of aryl methyl sites for hydroxylation is 1. The molecule has 7 heteroatoms. The smallest absolute Gasteiger partial charge is 0.339 e. The van der Waals surface area contributed by atoms with Crippen molar-refractivity contribution in [1.29, 1.82) is 0 Å². The number of hydrogen-bond acceptors (Lipinski definition) is 2. The molecule has 1 unspecified atom stereocenters. The zero-order valence-corrected chi connectivity index (χ0v) is 13.5. The molecule has 0 bridgehead atoms. The van der Waals surface area contributed by atoms with E-state index in [9.17, 15) is 22.8 Å². The van der Waals surface area contributed by atoms with Crippen LogP contribution in [0, 0.1) is 6.92 Å². The van der Waals surface area contributed by atoms with Gasteiger partial charge in [-0.05, 0) is 37.1 Å². The topological polar surface area (TPSA) is 58.2 Å². The summed E-state index contributed by atoms with van der Waals surface area (Å²) in [5, 5.41) is 4.72. The molecule has 2 aromatic rings. The summed E-state index contributed by atoms with van der Waals surface area (Å²) in [6, 6.07) is 11.6. The maximum absolute atomic E-state index is 12.6. The molecule has 2 N–H and O–H groups in total. The fourth-order valence-electron chi connectivity index (χ4n) is 3.27. The third-order valence-electron chi connectivity index (χ3n) is 4.36. The van der Waals surface area contributed by atoms with Crippen LogP contribution in [0.3, 0.4) is 0 Å². The number of hydrogen-bond donors (Lipinski definition) is 2. The molecule has 130 valence electrons. The minimum absolute atomic E-state index is 0.0380. The average Bonchev–Trinajstić information content (AvgIpc) is 2.80. The van der Waals surface area contributed by atoms with Crippen molar-refractivity contribution in [3.63, 3.8) is 0 Å². The lowest BCUT2D eigenvalue weighted by molar-refractivity contribution is -0.167. The molecule has 4 nitrogen and oxygen atoms in total. The van der Waals surface area contributed by atoms with Gasteiger partial charge in [0.2, 0.25) is 0 Å². The highest BCUT2D eigenvalue weighted by molar-refractivity contribution is 6.05. The van der Waals surface area contributed by atoms with E-state index in [4.69, 9.17) is 0 Å². The van der Waals surface area contributed by atoms with Crippen LogP contribution in [0.5, 0.6) is 0 Å². The first-order valence-corrected chi connectivity index (χ1v) is 7.55. The van der Waals surface area contributed by atoms with Gasteiger partial charge >= 0.3 is 12.1 Å². The maximum atomic E-state index is 12.6. The Morgan fingerprint density at radius 2 is 1.80 bits per heavy atom. The Labute approximate surface area is 142 Å². The van der Waals surface area contributed by atoms with Gasteiger partial charge in [0.15, 0.2) is 0 Å². The van der Waals surface area contributed by atoms with Gasteiger partial charge in [0, 0.05) is 16.8 Å². The number of amides is 2. The average molecular weight is 348 g/mol. The van der Waals surface area contributed by atoms with Crippen LogP contribution in [0.15, 0.2) is 42.5 Å². The summed E-state index contributed by atoms with van der Waals surface area (Å²) in [4.78, 5) is 23.7. The number of carbonyl (C=O) groups is 2. The van der Waals surface area contributed by atoms with E-state index in [0.717, 1.165) is 11.1 Å². The number of anilines is 1. The van der Waals surface area contributed by atoms with Gasteiger partial charge in [-0.15, -0.1) is 0 Å². The van der Waals surface area contributed by atoms with Crippen LogP contribution >= 0.6 is 0 Å². The van der Waals surface area contributed by atoms with Crippen molar-refractivity contribution in [3.05, 3.63) is 64.7 Å². The highest BCUT2D eigenvalue weighted by Crippen LogP contribution is 2.42. The minimum Gasteiger partial charge on any atom is -0.339 e. The van der Waals surface area contributed by atoms with E-state index in [1.807, 2.05) is 24.4 Å². The standard InChI is InChI=1S/C18H15F3N2O2/c1-10-6-3-4-8-12(10)17(2)14-11(15(24)23-17)7-5-9-13(14)22-16(25)18(19,20)21/h3-9H,1-2H3,(H,22,25)(H,23,24). The zero-order chi connectivity index (χ0) is 18.4. The van der Waals surface area contributed by atoms with Crippen LogP contribution in [0.2, 0.25) is 0 Å². The number of carbonyl (C=O) groups excluding carboxylic acids is 2. The van der Waals surface area contributed by atoms with E-state index in [0.29, 0.717) is 5.56 Å². The minimum atomic E-state index is -5.02. The molecular formula is C18H15F3N2O2. The highest BCUT2D eigenvalue weighted by Gasteiger charge is 2.45. The predicted molar refractivity (Wildman–Crippen MR) is 86.2 cm³/mol. The molecule has 1 heterocycles. The molecule has 3 rings (SSSR count). The van der Waals surface area contributed by atoms with Gasteiger partial charge < -0.3 is 10.6 Å². The van der Waals surface area contributed by atoms with E-state index in [1.54, 1.807) is 19.1 Å². The van der Waals surface area contributed by atoms with E-state index in [-0.39, 0.29) is 11.3 Å². The molecular weight excluding hydrogens is 333 g/mol. The second kappa shape index (κ2) is 5.61. The SMILES string of the molecule is Cc1ccccc1C1(C)NC(=O)c2cccc(NC(=O)C(F)(F)F)c21. The lowest BCUT2D eigenvalue weighted by Crippen LogP contribution is -2.39. The van der Waals surface area contributed by atoms with Gasteiger partial charge in [0.1, 0.15) is 0 Å². The van der Waals surface area contributed by atoms with Crippen LogP contribution in [-0.4, -0.2) is 18.0 Å². The Hall–Kier alpha value is -2.83. The number of benzene rings is 2. The highest BCUT2D eigenvalue weighted by atomic mass is 19.4. The normalized spacial score (nSPS) is 19.3. The first-order valence-electron chi connectivity index (χ1n) is 7.55. The Morgan fingerprint density at radius 3 is 2.44 bits per heavy atom. The van der Waals surface area contributed by atoms with Crippen molar-refractivity contribution >= 4 is 17.5 Å². The van der Waals surface area contributed by atoms with Gasteiger partial charge in [-0.3, -0.25) is 9.59 Å². The Kier molecular flexibility index (Phi) is 3.82. The van der Waals surface area contributed by atoms with E-state index >= 15 is 0 Å². The third kappa shape index (κ3) is 2.75.